The van der Waals surface area contributed by atoms with E-state index in [0.717, 1.165) is 41.4 Å². The summed E-state index contributed by atoms with van der Waals surface area (Å²) in [6.45, 7) is 10.4. The van der Waals surface area contributed by atoms with Crippen molar-refractivity contribution < 1.29 is 18.7 Å². The van der Waals surface area contributed by atoms with Gasteiger partial charge in [0, 0.05) is 12.0 Å². The average molecular weight is 451 g/mol. The molecule has 0 aliphatic heterocycles. The molecule has 3 aromatic rings. The predicted octanol–water partition coefficient (Wildman–Crippen LogP) is 5.09. The van der Waals surface area contributed by atoms with E-state index in [4.69, 9.17) is 13.9 Å². The second kappa shape index (κ2) is 12.2. The summed E-state index contributed by atoms with van der Waals surface area (Å²) in [6.07, 6.45) is 1.28. The number of hydrogen-bond acceptors (Lipinski definition) is 6. The van der Waals surface area contributed by atoms with Crippen molar-refractivity contribution in [1.82, 2.24) is 9.88 Å². The normalized spacial score (nSPS) is 12.0. The lowest BCUT2D eigenvalue weighted by atomic mass is 10.0. The minimum atomic E-state index is -0.277. The number of likely N-dealkylation sites (N-methyl/N-ethyl adjacent to an activating group) is 1. The molecular formula is C27H34N2O4. The summed E-state index contributed by atoms with van der Waals surface area (Å²) >= 11 is 0. The minimum absolute atomic E-state index is 0.167. The molecule has 6 nitrogen and oxygen atoms in total. The van der Waals surface area contributed by atoms with Crippen molar-refractivity contribution in [1.29, 1.82) is 0 Å². The fourth-order valence-electron chi connectivity index (χ4n) is 3.84. The van der Waals surface area contributed by atoms with Crippen molar-refractivity contribution in [2.24, 2.45) is 0 Å². The molecule has 0 amide bonds. The molecule has 33 heavy (non-hydrogen) atoms. The molecule has 0 radical (unpaired) electrons. The third-order valence-corrected chi connectivity index (χ3v) is 5.69. The molecule has 0 fully saturated rings. The van der Waals surface area contributed by atoms with Crippen LogP contribution in [0.5, 0.6) is 5.75 Å². The van der Waals surface area contributed by atoms with Crippen molar-refractivity contribution >= 4 is 5.97 Å². The highest BCUT2D eigenvalue weighted by Gasteiger charge is 2.25. The number of aryl methyl sites for hydroxylation is 1. The lowest BCUT2D eigenvalue weighted by molar-refractivity contribution is -0.149. The Morgan fingerprint density at radius 3 is 2.36 bits per heavy atom. The highest BCUT2D eigenvalue weighted by atomic mass is 16.5. The molecule has 1 aromatic heterocycles. The molecule has 0 aliphatic carbocycles. The second-order valence-electron chi connectivity index (χ2n) is 7.82. The Morgan fingerprint density at radius 2 is 1.73 bits per heavy atom. The number of aromatic nitrogens is 1. The lowest BCUT2D eigenvalue weighted by Crippen LogP contribution is -2.43. The van der Waals surface area contributed by atoms with Crippen LogP contribution in [0.25, 0.3) is 11.5 Å². The SMILES string of the molecule is CCOC(=O)[C@H](Cc1ccc(OCCc2nc(-c3ccccc3)oc2C)cc1)N(CC)CC. The molecule has 0 spiro atoms. The standard InChI is InChI=1S/C27H34N2O4/c1-5-29(6-2)25(27(30)31-7-3)19-21-13-15-23(16-14-21)32-18-17-24-20(4)33-26(28-24)22-11-9-8-10-12-22/h8-16,25H,5-7,17-19H2,1-4H3/t25-/m0/s1. The van der Waals surface area contributed by atoms with Gasteiger partial charge in [-0.15, -0.1) is 0 Å². The fourth-order valence-corrected chi connectivity index (χ4v) is 3.84. The zero-order valence-electron chi connectivity index (χ0n) is 20.0. The fraction of sp³-hybridized carbons (Fsp3) is 0.407. The van der Waals surface area contributed by atoms with Crippen LogP contribution < -0.4 is 4.74 Å². The van der Waals surface area contributed by atoms with E-state index in [1.165, 1.54) is 0 Å². The molecule has 0 saturated carbocycles. The van der Waals surface area contributed by atoms with Crippen LogP contribution in [0, 0.1) is 6.92 Å². The van der Waals surface area contributed by atoms with E-state index >= 15 is 0 Å². The van der Waals surface area contributed by atoms with Crippen LogP contribution >= 0.6 is 0 Å². The van der Waals surface area contributed by atoms with Gasteiger partial charge in [-0.1, -0.05) is 44.2 Å². The second-order valence-corrected chi connectivity index (χ2v) is 7.82. The molecule has 0 N–H and O–H groups in total. The summed E-state index contributed by atoms with van der Waals surface area (Å²) < 4.78 is 17.1. The summed E-state index contributed by atoms with van der Waals surface area (Å²) in [5.74, 6) is 2.07. The number of oxazole rings is 1. The number of carbonyl (C=O) groups excluding carboxylic acids is 1. The molecule has 6 heteroatoms. The van der Waals surface area contributed by atoms with E-state index in [2.05, 4.69) is 23.7 Å². The third kappa shape index (κ3) is 6.68. The Kier molecular flexibility index (Phi) is 9.07. The number of benzene rings is 2. The number of hydrogen-bond donors (Lipinski definition) is 0. The molecule has 1 heterocycles. The zero-order chi connectivity index (χ0) is 23.6. The van der Waals surface area contributed by atoms with Crippen molar-refractivity contribution in [2.45, 2.75) is 46.6 Å². The molecule has 3 rings (SSSR count). The van der Waals surface area contributed by atoms with E-state index in [1.807, 2.05) is 68.4 Å². The Morgan fingerprint density at radius 1 is 1.03 bits per heavy atom. The Hall–Kier alpha value is -3.12. The largest absolute Gasteiger partial charge is 0.493 e. The van der Waals surface area contributed by atoms with Crippen LogP contribution in [-0.4, -0.2) is 48.2 Å². The molecule has 1 atom stereocenters. The van der Waals surface area contributed by atoms with E-state index in [0.29, 0.717) is 31.9 Å². The van der Waals surface area contributed by atoms with Gasteiger partial charge in [0.1, 0.15) is 17.6 Å². The van der Waals surface area contributed by atoms with Gasteiger partial charge in [-0.3, -0.25) is 9.69 Å². The monoisotopic (exact) mass is 450 g/mol. The van der Waals surface area contributed by atoms with Gasteiger partial charge in [0.25, 0.3) is 0 Å². The van der Waals surface area contributed by atoms with Gasteiger partial charge < -0.3 is 13.9 Å². The molecule has 0 aliphatic rings. The molecular weight excluding hydrogens is 416 g/mol. The summed E-state index contributed by atoms with van der Waals surface area (Å²) in [6, 6.07) is 17.5. The predicted molar refractivity (Wildman–Crippen MR) is 129 cm³/mol. The third-order valence-electron chi connectivity index (χ3n) is 5.69. The average Bonchev–Trinajstić information content (AvgIpc) is 3.21. The molecule has 0 unspecified atom stereocenters. The number of esters is 1. The molecule has 0 bridgehead atoms. The molecule has 0 saturated heterocycles. The zero-order valence-corrected chi connectivity index (χ0v) is 20.0. The first-order chi connectivity index (χ1) is 16.0. The highest BCUT2D eigenvalue weighted by molar-refractivity contribution is 5.76. The first-order valence-electron chi connectivity index (χ1n) is 11.7. The van der Waals surface area contributed by atoms with E-state index in [1.54, 1.807) is 0 Å². The maximum absolute atomic E-state index is 12.5. The number of nitrogens with zero attached hydrogens (tertiary/aromatic N) is 2. The highest BCUT2D eigenvalue weighted by Crippen LogP contribution is 2.22. The van der Waals surface area contributed by atoms with Gasteiger partial charge in [-0.25, -0.2) is 4.98 Å². The van der Waals surface area contributed by atoms with Gasteiger partial charge in [0.15, 0.2) is 0 Å². The smallest absolute Gasteiger partial charge is 0.323 e. The maximum Gasteiger partial charge on any atom is 0.323 e. The Balaban J connectivity index is 1.56. The van der Waals surface area contributed by atoms with Crippen LogP contribution in [0.1, 0.15) is 37.8 Å². The Bertz CT molecular complexity index is 995. The van der Waals surface area contributed by atoms with Gasteiger partial charge in [-0.2, -0.15) is 0 Å². The first-order valence-corrected chi connectivity index (χ1v) is 11.7. The van der Waals surface area contributed by atoms with Crippen molar-refractivity contribution in [3.05, 3.63) is 71.6 Å². The van der Waals surface area contributed by atoms with Crippen LogP contribution in [0.3, 0.4) is 0 Å². The van der Waals surface area contributed by atoms with E-state index in [9.17, 15) is 4.79 Å². The van der Waals surface area contributed by atoms with E-state index in [-0.39, 0.29) is 12.0 Å². The lowest BCUT2D eigenvalue weighted by Gasteiger charge is -2.27. The summed E-state index contributed by atoms with van der Waals surface area (Å²) in [5, 5.41) is 0. The first kappa shape index (κ1) is 24.5. The minimum Gasteiger partial charge on any atom is -0.493 e. The Labute approximate surface area is 196 Å². The maximum atomic E-state index is 12.5. The van der Waals surface area contributed by atoms with E-state index < -0.39 is 0 Å². The van der Waals surface area contributed by atoms with Gasteiger partial charge in [0.2, 0.25) is 5.89 Å². The number of carbonyl (C=O) groups is 1. The molecule has 2 aromatic carbocycles. The van der Waals surface area contributed by atoms with Crippen LogP contribution in [0.2, 0.25) is 0 Å². The summed E-state index contributed by atoms with van der Waals surface area (Å²) in [7, 11) is 0. The van der Waals surface area contributed by atoms with Crippen LogP contribution in [0.4, 0.5) is 0 Å². The summed E-state index contributed by atoms with van der Waals surface area (Å²) in [5.41, 5.74) is 2.95. The van der Waals surface area contributed by atoms with Crippen LogP contribution in [0.15, 0.2) is 59.0 Å². The van der Waals surface area contributed by atoms with Crippen molar-refractivity contribution in [3.63, 3.8) is 0 Å². The summed E-state index contributed by atoms with van der Waals surface area (Å²) in [4.78, 5) is 19.2. The number of rotatable bonds is 12. The van der Waals surface area contributed by atoms with Gasteiger partial charge in [-0.05, 0) is 63.2 Å². The number of ether oxygens (including phenoxy) is 2. The van der Waals surface area contributed by atoms with Crippen molar-refractivity contribution in [2.75, 3.05) is 26.3 Å². The van der Waals surface area contributed by atoms with Gasteiger partial charge in [0.05, 0.1) is 18.9 Å². The molecule has 176 valence electrons. The van der Waals surface area contributed by atoms with Crippen molar-refractivity contribution in [3.8, 4) is 17.2 Å². The van der Waals surface area contributed by atoms with Crippen LogP contribution in [-0.2, 0) is 22.4 Å². The van der Waals surface area contributed by atoms with Gasteiger partial charge >= 0.3 is 5.97 Å². The topological polar surface area (TPSA) is 64.8 Å². The quantitative estimate of drug-likeness (QED) is 0.358.